The van der Waals surface area contributed by atoms with Gasteiger partial charge in [-0.15, -0.1) is 0 Å². The third-order valence-corrected chi connectivity index (χ3v) is 6.31. The molecule has 2 aromatic carbocycles. The third-order valence-electron chi connectivity index (χ3n) is 4.28. The minimum atomic E-state index is -1.58. The van der Waals surface area contributed by atoms with Crippen molar-refractivity contribution in [3.63, 3.8) is 0 Å². The molecule has 0 saturated carbocycles. The van der Waals surface area contributed by atoms with E-state index in [1.54, 1.807) is 6.07 Å². The summed E-state index contributed by atoms with van der Waals surface area (Å²) >= 11 is 0. The minimum absolute atomic E-state index is 0.0257. The zero-order chi connectivity index (χ0) is 17.1. The van der Waals surface area contributed by atoms with Gasteiger partial charge >= 0.3 is 7.80 Å². The summed E-state index contributed by atoms with van der Waals surface area (Å²) in [5.41, 5.74) is 4.47. The number of carbonyl (C=O) groups excluding carboxylic acids is 1. The van der Waals surface area contributed by atoms with Gasteiger partial charge in [-0.05, 0) is 57.4 Å². The van der Waals surface area contributed by atoms with E-state index in [9.17, 15) is 9.36 Å². The molecule has 3 heteroatoms. The quantitative estimate of drug-likeness (QED) is 0.566. The van der Waals surface area contributed by atoms with E-state index in [1.165, 1.54) is 0 Å². The summed E-state index contributed by atoms with van der Waals surface area (Å²) in [7, 11) is -1.58. The van der Waals surface area contributed by atoms with Gasteiger partial charge in [-0.3, -0.25) is 4.79 Å². The van der Waals surface area contributed by atoms with Gasteiger partial charge in [0.25, 0.3) is 0 Å². The summed E-state index contributed by atoms with van der Waals surface area (Å²) in [5.74, 6) is -0.0257. The Bertz CT molecular complexity index is 739. The van der Waals surface area contributed by atoms with Crippen LogP contribution < -0.4 is 5.30 Å². The SMILES string of the molecule is CCC(C)[P+](=O)c1ccccc1C(=O)c1c(C)cc(C)cc1C. The highest BCUT2D eigenvalue weighted by molar-refractivity contribution is 7.54. The van der Waals surface area contributed by atoms with Crippen molar-refractivity contribution < 1.29 is 9.36 Å². The van der Waals surface area contributed by atoms with E-state index in [-0.39, 0.29) is 11.4 Å². The van der Waals surface area contributed by atoms with Gasteiger partial charge in [-0.25, -0.2) is 0 Å². The van der Waals surface area contributed by atoms with E-state index >= 15 is 0 Å². The molecular weight excluding hydrogens is 303 g/mol. The molecule has 0 aromatic heterocycles. The minimum Gasteiger partial charge on any atom is -0.288 e. The number of ketones is 1. The lowest BCUT2D eigenvalue weighted by Gasteiger charge is -2.11. The van der Waals surface area contributed by atoms with E-state index in [0.29, 0.717) is 10.9 Å². The van der Waals surface area contributed by atoms with Crippen LogP contribution in [0.1, 0.15) is 52.9 Å². The number of rotatable bonds is 5. The van der Waals surface area contributed by atoms with Crippen LogP contribution in [0.5, 0.6) is 0 Å². The number of carbonyl (C=O) groups is 1. The van der Waals surface area contributed by atoms with Gasteiger partial charge in [0.05, 0.1) is 5.56 Å². The van der Waals surface area contributed by atoms with Gasteiger partial charge in [0.2, 0.25) is 5.30 Å². The van der Waals surface area contributed by atoms with E-state index in [0.717, 1.165) is 28.7 Å². The summed E-state index contributed by atoms with van der Waals surface area (Å²) in [6.07, 6.45) is 0.834. The average molecular weight is 327 g/mol. The molecule has 2 aromatic rings. The molecule has 2 nitrogen and oxygen atoms in total. The van der Waals surface area contributed by atoms with Gasteiger partial charge in [-0.1, -0.05) is 41.3 Å². The summed E-state index contributed by atoms with van der Waals surface area (Å²) < 4.78 is 12.8. The van der Waals surface area contributed by atoms with E-state index in [2.05, 4.69) is 0 Å². The number of hydrogen-bond acceptors (Lipinski definition) is 2. The molecule has 0 radical (unpaired) electrons. The number of aryl methyl sites for hydroxylation is 3. The predicted molar refractivity (Wildman–Crippen MR) is 97.5 cm³/mol. The molecule has 0 aliphatic carbocycles. The fourth-order valence-electron chi connectivity index (χ4n) is 2.93. The highest BCUT2D eigenvalue weighted by Gasteiger charge is 2.32. The molecule has 0 heterocycles. The molecule has 2 unspecified atom stereocenters. The lowest BCUT2D eigenvalue weighted by atomic mass is 9.93. The molecule has 0 spiro atoms. The smallest absolute Gasteiger partial charge is 0.288 e. The van der Waals surface area contributed by atoms with Crippen LogP contribution in [0.15, 0.2) is 36.4 Å². The van der Waals surface area contributed by atoms with Crippen molar-refractivity contribution in [1.29, 1.82) is 0 Å². The van der Waals surface area contributed by atoms with Crippen LogP contribution >= 0.6 is 7.80 Å². The largest absolute Gasteiger partial charge is 0.380 e. The molecule has 23 heavy (non-hydrogen) atoms. The second-order valence-corrected chi connectivity index (χ2v) is 8.22. The third kappa shape index (κ3) is 3.59. The van der Waals surface area contributed by atoms with Crippen LogP contribution in [0, 0.1) is 20.8 Å². The second kappa shape index (κ2) is 7.19. The molecule has 120 valence electrons. The van der Waals surface area contributed by atoms with Crippen LogP contribution in [-0.2, 0) is 4.57 Å². The lowest BCUT2D eigenvalue weighted by Crippen LogP contribution is -2.17. The van der Waals surface area contributed by atoms with Gasteiger partial charge in [0.1, 0.15) is 0 Å². The summed E-state index contributed by atoms with van der Waals surface area (Å²) in [6.45, 7) is 9.95. The molecule has 0 fully saturated rings. The maximum Gasteiger partial charge on any atom is 0.380 e. The Hall–Kier alpha value is -1.79. The molecular formula is C20H24O2P+. The zero-order valence-electron chi connectivity index (χ0n) is 14.5. The highest BCUT2D eigenvalue weighted by atomic mass is 31.1. The predicted octanol–water partition coefficient (Wildman–Crippen LogP) is 5.09. The van der Waals surface area contributed by atoms with Crippen molar-refractivity contribution >= 4 is 18.9 Å². The van der Waals surface area contributed by atoms with E-state index < -0.39 is 7.80 Å². The number of benzene rings is 2. The van der Waals surface area contributed by atoms with Gasteiger partial charge in [0, 0.05) is 5.56 Å². The Kier molecular flexibility index (Phi) is 5.49. The number of hydrogen-bond donors (Lipinski definition) is 0. The van der Waals surface area contributed by atoms with Crippen molar-refractivity contribution in [3.8, 4) is 0 Å². The first-order valence-electron chi connectivity index (χ1n) is 8.04. The average Bonchev–Trinajstić information content (AvgIpc) is 2.52. The zero-order valence-corrected chi connectivity index (χ0v) is 15.4. The Morgan fingerprint density at radius 1 is 1.09 bits per heavy atom. The van der Waals surface area contributed by atoms with E-state index in [1.807, 2.05) is 65.0 Å². The van der Waals surface area contributed by atoms with Crippen molar-refractivity contribution in [2.24, 2.45) is 0 Å². The Morgan fingerprint density at radius 3 is 2.22 bits per heavy atom. The molecule has 0 amide bonds. The first-order chi connectivity index (χ1) is 10.9. The second-order valence-electron chi connectivity index (χ2n) is 6.20. The molecule has 0 aliphatic heterocycles. The van der Waals surface area contributed by atoms with E-state index in [4.69, 9.17) is 0 Å². The molecule has 0 N–H and O–H groups in total. The van der Waals surface area contributed by atoms with Crippen LogP contribution in [-0.4, -0.2) is 11.4 Å². The van der Waals surface area contributed by atoms with Gasteiger partial charge in [0.15, 0.2) is 11.4 Å². The fourth-order valence-corrected chi connectivity index (χ4v) is 4.39. The topological polar surface area (TPSA) is 34.1 Å². The molecule has 2 atom stereocenters. The normalized spacial score (nSPS) is 12.8. The maximum absolute atomic E-state index is 13.1. The van der Waals surface area contributed by atoms with Gasteiger partial charge < -0.3 is 0 Å². The Labute approximate surface area is 139 Å². The van der Waals surface area contributed by atoms with Crippen LogP contribution in [0.3, 0.4) is 0 Å². The van der Waals surface area contributed by atoms with Crippen LogP contribution in [0.2, 0.25) is 0 Å². The fraction of sp³-hybridized carbons (Fsp3) is 0.350. The molecule has 0 bridgehead atoms. The Balaban J connectivity index is 2.56. The lowest BCUT2D eigenvalue weighted by molar-refractivity contribution is 0.103. The molecule has 0 aliphatic rings. The first kappa shape index (κ1) is 17.6. The van der Waals surface area contributed by atoms with Crippen molar-refractivity contribution in [2.75, 3.05) is 0 Å². The van der Waals surface area contributed by atoms with Crippen molar-refractivity contribution in [1.82, 2.24) is 0 Å². The maximum atomic E-state index is 13.1. The Morgan fingerprint density at radius 2 is 1.65 bits per heavy atom. The standard InChI is InChI=1S/C20H24O2P/c1-6-16(5)23(22)18-10-8-7-9-17(18)20(21)19-14(3)11-13(2)12-15(19)4/h7-12,16H,6H2,1-5H3/q+1. The highest BCUT2D eigenvalue weighted by Crippen LogP contribution is 2.32. The van der Waals surface area contributed by atoms with Gasteiger partial charge in [-0.2, -0.15) is 0 Å². The van der Waals surface area contributed by atoms with Crippen molar-refractivity contribution in [2.45, 2.75) is 46.7 Å². The summed E-state index contributed by atoms with van der Waals surface area (Å²) in [6, 6.07) is 11.4. The first-order valence-corrected chi connectivity index (χ1v) is 9.37. The summed E-state index contributed by atoms with van der Waals surface area (Å²) in [4.78, 5) is 13.1. The summed E-state index contributed by atoms with van der Waals surface area (Å²) in [5, 5.41) is 0.682. The molecule has 2 rings (SSSR count). The van der Waals surface area contributed by atoms with Crippen molar-refractivity contribution in [3.05, 3.63) is 64.2 Å². The van der Waals surface area contributed by atoms with Crippen LogP contribution in [0.4, 0.5) is 0 Å². The van der Waals surface area contributed by atoms with Crippen LogP contribution in [0.25, 0.3) is 0 Å². The monoisotopic (exact) mass is 327 g/mol. The molecule has 0 saturated heterocycles.